The lowest BCUT2D eigenvalue weighted by atomic mass is 9.81. The molecule has 7 nitrogen and oxygen atoms in total. The molecule has 3 unspecified atom stereocenters. The van der Waals surface area contributed by atoms with E-state index in [1.54, 1.807) is 66.7 Å². The summed E-state index contributed by atoms with van der Waals surface area (Å²) in [4.78, 5) is 43.7. The number of primary amides is 1. The Hall–Kier alpha value is -4.54. The molecule has 0 fully saturated rings. The molecule has 3 aromatic carbocycles. The number of carbonyl (C=O) groups excluding carboxylic acids is 3. The number of aliphatic imine (C=N–C) groups is 1. The Labute approximate surface area is 227 Å². The summed E-state index contributed by atoms with van der Waals surface area (Å²) < 4.78 is 53.5. The van der Waals surface area contributed by atoms with E-state index in [2.05, 4.69) is 15.6 Å². The maximum absolute atomic E-state index is 14.7. The predicted octanol–water partition coefficient (Wildman–Crippen LogP) is 4.68. The minimum Gasteiger partial charge on any atom is -0.369 e. The maximum atomic E-state index is 14.7. The van der Waals surface area contributed by atoms with Gasteiger partial charge < -0.3 is 16.4 Å². The van der Waals surface area contributed by atoms with Crippen LogP contribution >= 0.6 is 0 Å². The molecule has 0 aliphatic carbocycles. The van der Waals surface area contributed by atoms with Crippen molar-refractivity contribution in [2.24, 2.45) is 16.6 Å². The molecule has 0 aromatic heterocycles. The van der Waals surface area contributed by atoms with Crippen molar-refractivity contribution in [3.8, 4) is 0 Å². The Kier molecular flexibility index (Phi) is 8.61. The second-order valence-electron chi connectivity index (χ2n) is 9.31. The Balaban J connectivity index is 1.71. The lowest BCUT2D eigenvalue weighted by molar-refractivity contribution is -0.139. The fourth-order valence-electron chi connectivity index (χ4n) is 4.69. The zero-order valence-corrected chi connectivity index (χ0v) is 21.1. The smallest absolute Gasteiger partial charge is 0.369 e. The summed E-state index contributed by atoms with van der Waals surface area (Å²) in [5.41, 5.74) is 6.86. The molecule has 1 heterocycles. The molecular formula is C29H26F4N4O3. The third kappa shape index (κ3) is 6.71. The second-order valence-corrected chi connectivity index (χ2v) is 9.31. The molecule has 0 radical (unpaired) electrons. The van der Waals surface area contributed by atoms with Crippen LogP contribution in [0.3, 0.4) is 0 Å². The van der Waals surface area contributed by atoms with E-state index in [-0.39, 0.29) is 23.4 Å². The van der Waals surface area contributed by atoms with Gasteiger partial charge in [-0.1, -0.05) is 72.8 Å². The number of hydrogen-bond donors (Lipinski definition) is 3. The molecule has 0 bridgehead atoms. The van der Waals surface area contributed by atoms with Crippen molar-refractivity contribution in [3.05, 3.63) is 101 Å². The standard InChI is InChI=1S/C29H26F4N4O3/c30-21-15-7-13-20-23(18-11-5-2-6-12-18)35-26(28(40)36-24(20)21)37-27(39)19(14-8-16-29(31,32)33)22(25(34)38)17-9-3-1-4-10-17/h1-7,9-13,15,19,22,26H,8,14,16H2,(H2,34,38)(H,36,40)(H,37,39). The van der Waals surface area contributed by atoms with Crippen LogP contribution < -0.4 is 16.4 Å². The van der Waals surface area contributed by atoms with Crippen molar-refractivity contribution in [3.63, 3.8) is 0 Å². The van der Waals surface area contributed by atoms with Gasteiger partial charge in [-0.2, -0.15) is 13.2 Å². The molecule has 0 saturated carbocycles. The third-order valence-electron chi connectivity index (χ3n) is 6.53. The molecule has 208 valence electrons. The molecule has 40 heavy (non-hydrogen) atoms. The van der Waals surface area contributed by atoms with Crippen molar-refractivity contribution in [2.45, 2.75) is 37.5 Å². The highest BCUT2D eigenvalue weighted by Gasteiger charge is 2.37. The fourth-order valence-corrected chi connectivity index (χ4v) is 4.69. The Morgan fingerprint density at radius 3 is 2.25 bits per heavy atom. The van der Waals surface area contributed by atoms with Gasteiger partial charge in [-0.15, -0.1) is 0 Å². The van der Waals surface area contributed by atoms with Crippen LogP contribution in [0, 0.1) is 11.7 Å². The summed E-state index contributed by atoms with van der Waals surface area (Å²) in [6, 6.07) is 20.7. The van der Waals surface area contributed by atoms with E-state index in [0.717, 1.165) is 6.07 Å². The van der Waals surface area contributed by atoms with Gasteiger partial charge in [0, 0.05) is 17.5 Å². The van der Waals surface area contributed by atoms with E-state index < -0.39 is 60.6 Å². The quantitative estimate of drug-likeness (QED) is 0.334. The molecule has 3 amide bonds. The van der Waals surface area contributed by atoms with Gasteiger partial charge in [-0.05, 0) is 24.5 Å². The first-order chi connectivity index (χ1) is 19.0. The number of carbonyl (C=O) groups is 3. The normalized spacial score (nSPS) is 16.6. The largest absolute Gasteiger partial charge is 0.389 e. The van der Waals surface area contributed by atoms with Crippen LogP contribution in [0.1, 0.15) is 41.9 Å². The number of hydrogen-bond acceptors (Lipinski definition) is 4. The molecule has 0 saturated heterocycles. The van der Waals surface area contributed by atoms with Gasteiger partial charge in [-0.25, -0.2) is 9.38 Å². The van der Waals surface area contributed by atoms with E-state index >= 15 is 0 Å². The number of para-hydroxylation sites is 1. The number of alkyl halides is 3. The van der Waals surface area contributed by atoms with Crippen LogP contribution in [0.25, 0.3) is 0 Å². The fraction of sp³-hybridized carbons (Fsp3) is 0.241. The SMILES string of the molecule is NC(=O)C(c1ccccc1)C(CCCC(F)(F)F)C(=O)NC1N=C(c2ccccc2)c2cccc(F)c2NC1=O. The van der Waals surface area contributed by atoms with Crippen LogP contribution in [0.4, 0.5) is 23.2 Å². The van der Waals surface area contributed by atoms with Crippen molar-refractivity contribution < 1.29 is 31.9 Å². The van der Waals surface area contributed by atoms with Crippen LogP contribution in [-0.4, -0.2) is 35.8 Å². The minimum atomic E-state index is -4.47. The van der Waals surface area contributed by atoms with E-state index in [1.165, 1.54) is 6.07 Å². The molecule has 3 atom stereocenters. The summed E-state index contributed by atoms with van der Waals surface area (Å²) in [6.45, 7) is 0. The number of nitrogens with zero attached hydrogens (tertiary/aromatic N) is 1. The Morgan fingerprint density at radius 1 is 0.975 bits per heavy atom. The van der Waals surface area contributed by atoms with Crippen molar-refractivity contribution >= 4 is 29.1 Å². The monoisotopic (exact) mass is 554 g/mol. The molecule has 4 N–H and O–H groups in total. The lowest BCUT2D eigenvalue weighted by Crippen LogP contribution is -2.47. The first kappa shape index (κ1) is 28.5. The van der Waals surface area contributed by atoms with Crippen LogP contribution in [-0.2, 0) is 14.4 Å². The molecular weight excluding hydrogens is 528 g/mol. The zero-order chi connectivity index (χ0) is 28.9. The first-order valence-corrected chi connectivity index (χ1v) is 12.5. The molecule has 4 rings (SSSR count). The zero-order valence-electron chi connectivity index (χ0n) is 21.1. The van der Waals surface area contributed by atoms with Crippen molar-refractivity contribution in [1.82, 2.24) is 5.32 Å². The number of rotatable bonds is 9. The van der Waals surface area contributed by atoms with E-state index in [4.69, 9.17) is 5.73 Å². The average Bonchev–Trinajstić information content (AvgIpc) is 3.05. The van der Waals surface area contributed by atoms with E-state index in [1.807, 2.05) is 0 Å². The summed E-state index contributed by atoms with van der Waals surface area (Å²) in [6.07, 6.45) is -8.02. The number of anilines is 1. The molecule has 1 aliphatic rings. The maximum Gasteiger partial charge on any atom is 0.389 e. The van der Waals surface area contributed by atoms with Crippen LogP contribution in [0.2, 0.25) is 0 Å². The van der Waals surface area contributed by atoms with Crippen molar-refractivity contribution in [1.29, 1.82) is 0 Å². The van der Waals surface area contributed by atoms with Gasteiger partial charge in [0.15, 0.2) is 0 Å². The van der Waals surface area contributed by atoms with Gasteiger partial charge in [0.1, 0.15) is 5.82 Å². The van der Waals surface area contributed by atoms with Crippen LogP contribution in [0.15, 0.2) is 83.9 Å². The van der Waals surface area contributed by atoms with Gasteiger partial charge in [0.25, 0.3) is 5.91 Å². The van der Waals surface area contributed by atoms with Gasteiger partial charge in [0.2, 0.25) is 18.0 Å². The second kappa shape index (κ2) is 12.1. The summed E-state index contributed by atoms with van der Waals surface area (Å²) in [7, 11) is 0. The summed E-state index contributed by atoms with van der Waals surface area (Å²) >= 11 is 0. The Morgan fingerprint density at radius 2 is 1.62 bits per heavy atom. The Bertz CT molecular complexity index is 1410. The number of amides is 3. The highest BCUT2D eigenvalue weighted by molar-refractivity contribution is 6.20. The number of fused-ring (bicyclic) bond motifs is 1. The van der Waals surface area contributed by atoms with Gasteiger partial charge in [-0.3, -0.25) is 14.4 Å². The first-order valence-electron chi connectivity index (χ1n) is 12.5. The summed E-state index contributed by atoms with van der Waals surface area (Å²) in [5, 5.41) is 4.91. The van der Waals surface area contributed by atoms with Crippen molar-refractivity contribution in [2.75, 3.05) is 5.32 Å². The number of halogens is 4. The molecule has 1 aliphatic heterocycles. The third-order valence-corrected chi connectivity index (χ3v) is 6.53. The highest BCUT2D eigenvalue weighted by Crippen LogP contribution is 2.32. The average molecular weight is 555 g/mol. The molecule has 0 spiro atoms. The highest BCUT2D eigenvalue weighted by atomic mass is 19.4. The number of benzene rings is 3. The molecule has 11 heteroatoms. The van der Waals surface area contributed by atoms with E-state index in [9.17, 15) is 31.9 Å². The number of benzodiazepines with no additional fused rings is 1. The minimum absolute atomic E-state index is 0.132. The summed E-state index contributed by atoms with van der Waals surface area (Å²) in [5.74, 6) is -5.99. The number of nitrogens with two attached hydrogens (primary N) is 1. The topological polar surface area (TPSA) is 114 Å². The lowest BCUT2D eigenvalue weighted by Gasteiger charge is -2.26. The van der Waals surface area contributed by atoms with Gasteiger partial charge >= 0.3 is 6.18 Å². The number of nitrogens with one attached hydrogen (secondary N) is 2. The molecule has 3 aromatic rings. The predicted molar refractivity (Wildman–Crippen MR) is 141 cm³/mol. The van der Waals surface area contributed by atoms with Crippen LogP contribution in [0.5, 0.6) is 0 Å². The van der Waals surface area contributed by atoms with E-state index in [0.29, 0.717) is 11.1 Å². The van der Waals surface area contributed by atoms with Gasteiger partial charge in [0.05, 0.1) is 23.2 Å².